The molecule has 4 aliphatic heterocycles. The lowest BCUT2D eigenvalue weighted by molar-refractivity contribution is -0.560. The fourth-order valence-corrected chi connectivity index (χ4v) is 5.13. The van der Waals surface area contributed by atoms with Gasteiger partial charge in [0.25, 0.3) is 0 Å². The summed E-state index contributed by atoms with van der Waals surface area (Å²) in [4.78, 5) is 35.9. The van der Waals surface area contributed by atoms with E-state index >= 15 is 0 Å². The number of hydrogen-bond acceptors (Lipinski definition) is 8. The van der Waals surface area contributed by atoms with Crippen molar-refractivity contribution >= 4 is 12.1 Å². The lowest BCUT2D eigenvalue weighted by Crippen LogP contribution is -2.71. The van der Waals surface area contributed by atoms with Crippen LogP contribution in [0.15, 0.2) is 0 Å². The van der Waals surface area contributed by atoms with Gasteiger partial charge in [-0.1, -0.05) is 13.8 Å². The molecule has 8 atom stereocenters. The van der Waals surface area contributed by atoms with Gasteiger partial charge in [-0.05, 0) is 32.6 Å². The van der Waals surface area contributed by atoms with Crippen molar-refractivity contribution in [2.45, 2.75) is 70.7 Å². The topological polar surface area (TPSA) is 89.5 Å². The van der Waals surface area contributed by atoms with Gasteiger partial charge in [0.1, 0.15) is 6.10 Å². The van der Waals surface area contributed by atoms with E-state index < -0.39 is 29.8 Å². The summed E-state index contributed by atoms with van der Waals surface area (Å²) < 4.78 is 22.2. The van der Waals surface area contributed by atoms with Gasteiger partial charge in [-0.25, -0.2) is 14.6 Å². The van der Waals surface area contributed by atoms with Crippen LogP contribution >= 0.6 is 0 Å². The third-order valence-corrected chi connectivity index (χ3v) is 6.57. The molecule has 5 fully saturated rings. The van der Waals surface area contributed by atoms with Crippen LogP contribution in [0.25, 0.3) is 0 Å². The molecular formula is C18H26O8. The van der Waals surface area contributed by atoms with E-state index in [0.29, 0.717) is 12.8 Å². The van der Waals surface area contributed by atoms with E-state index in [1.165, 1.54) is 0 Å². The van der Waals surface area contributed by atoms with E-state index in [9.17, 15) is 9.59 Å². The summed E-state index contributed by atoms with van der Waals surface area (Å²) in [6.45, 7) is 7.62. The van der Waals surface area contributed by atoms with Crippen molar-refractivity contribution in [2.75, 3.05) is 6.61 Å². The Morgan fingerprint density at radius 2 is 2.04 bits per heavy atom. The Labute approximate surface area is 152 Å². The molecule has 1 aliphatic carbocycles. The minimum Gasteiger partial charge on any atom is -0.435 e. The molecule has 2 bridgehead atoms. The highest BCUT2D eigenvalue weighted by molar-refractivity contribution is 5.74. The Balaban J connectivity index is 1.70. The molecule has 1 unspecified atom stereocenters. The first-order chi connectivity index (χ1) is 12.3. The summed E-state index contributed by atoms with van der Waals surface area (Å²) >= 11 is 0. The Morgan fingerprint density at radius 1 is 1.27 bits per heavy atom. The maximum atomic E-state index is 12.4. The SMILES string of the molecule is CCOC(=O)O[C@H]1C[C@H]2[C@@H](C)C(=O)O[C@@H]3OC4(C)CC[C@@H]([C@@H]1C)[C@]32OO4. The summed E-state index contributed by atoms with van der Waals surface area (Å²) in [5.74, 6) is -1.98. The summed E-state index contributed by atoms with van der Waals surface area (Å²) in [6, 6.07) is 0. The normalized spacial score (nSPS) is 49.6. The molecule has 8 heteroatoms. The van der Waals surface area contributed by atoms with Gasteiger partial charge in [-0.3, -0.25) is 4.79 Å². The standard InChI is InChI=1S/C18H26O8/c1-5-21-16(20)22-13-8-12-10(3)14(19)23-15-18(12)11(9(13)2)6-7-17(4,24-15)25-26-18/h9-13,15H,5-8H2,1-4H3/t9-,10+,11-,12-,13-,15+,17?,18+/m0/s1. The number of hydrogen-bond donors (Lipinski definition) is 0. The average Bonchev–Trinajstić information content (AvgIpc) is 2.81. The quantitative estimate of drug-likeness (QED) is 0.541. The monoisotopic (exact) mass is 370 g/mol. The fraction of sp³-hybridized carbons (Fsp3) is 0.889. The van der Waals surface area contributed by atoms with Crippen LogP contribution in [0.5, 0.6) is 0 Å². The molecule has 5 aliphatic rings. The van der Waals surface area contributed by atoms with Gasteiger partial charge in [0, 0.05) is 18.3 Å². The Bertz CT molecular complexity index is 608. The summed E-state index contributed by atoms with van der Waals surface area (Å²) in [6.07, 6.45) is -0.0260. The molecule has 0 radical (unpaired) electrons. The smallest absolute Gasteiger partial charge is 0.435 e. The molecule has 146 valence electrons. The first-order valence-corrected chi connectivity index (χ1v) is 9.39. The Morgan fingerprint density at radius 3 is 2.77 bits per heavy atom. The molecule has 1 spiro atoms. The molecule has 8 nitrogen and oxygen atoms in total. The van der Waals surface area contributed by atoms with Crippen LogP contribution in [0, 0.1) is 23.7 Å². The number of esters is 1. The second kappa shape index (κ2) is 6.07. The van der Waals surface area contributed by atoms with E-state index in [4.69, 9.17) is 28.7 Å². The van der Waals surface area contributed by atoms with Crippen molar-refractivity contribution in [3.05, 3.63) is 0 Å². The third kappa shape index (κ3) is 2.46. The molecule has 0 aromatic heterocycles. The maximum absolute atomic E-state index is 12.4. The minimum atomic E-state index is -0.949. The van der Waals surface area contributed by atoms with Crippen molar-refractivity contribution in [3.8, 4) is 0 Å². The van der Waals surface area contributed by atoms with Crippen LogP contribution in [0.2, 0.25) is 0 Å². The average molecular weight is 370 g/mol. The summed E-state index contributed by atoms with van der Waals surface area (Å²) in [7, 11) is 0. The molecule has 4 heterocycles. The number of carbonyl (C=O) groups is 2. The Hall–Kier alpha value is -1.38. The first-order valence-electron chi connectivity index (χ1n) is 9.39. The number of carbonyl (C=O) groups excluding carboxylic acids is 2. The van der Waals surface area contributed by atoms with Crippen molar-refractivity contribution in [3.63, 3.8) is 0 Å². The second-order valence-corrected chi connectivity index (χ2v) is 8.02. The fourth-order valence-electron chi connectivity index (χ4n) is 5.13. The zero-order valence-corrected chi connectivity index (χ0v) is 15.6. The van der Waals surface area contributed by atoms with Gasteiger partial charge in [0.2, 0.25) is 12.1 Å². The Kier molecular flexibility index (Phi) is 4.20. The molecule has 0 N–H and O–H groups in total. The third-order valence-electron chi connectivity index (χ3n) is 6.57. The van der Waals surface area contributed by atoms with E-state index in [1.54, 1.807) is 13.8 Å². The molecule has 26 heavy (non-hydrogen) atoms. The predicted octanol–water partition coefficient (Wildman–Crippen LogP) is 2.55. The van der Waals surface area contributed by atoms with Crippen molar-refractivity contribution in [1.82, 2.24) is 0 Å². The predicted molar refractivity (Wildman–Crippen MR) is 85.3 cm³/mol. The molecule has 5 rings (SSSR count). The highest BCUT2D eigenvalue weighted by Gasteiger charge is 2.71. The van der Waals surface area contributed by atoms with Gasteiger partial charge < -0.3 is 18.9 Å². The molecule has 0 amide bonds. The van der Waals surface area contributed by atoms with Gasteiger partial charge in [0.15, 0.2) is 5.60 Å². The van der Waals surface area contributed by atoms with Crippen LogP contribution < -0.4 is 0 Å². The molecular weight excluding hydrogens is 344 g/mol. The molecule has 0 aromatic rings. The van der Waals surface area contributed by atoms with Crippen LogP contribution in [-0.2, 0) is 33.5 Å². The molecule has 1 saturated carbocycles. The summed E-state index contributed by atoms with van der Waals surface area (Å²) in [5, 5.41) is 0. The van der Waals surface area contributed by atoms with Gasteiger partial charge in [-0.15, -0.1) is 0 Å². The van der Waals surface area contributed by atoms with Crippen LogP contribution in [0.3, 0.4) is 0 Å². The number of ether oxygens (including phenoxy) is 4. The van der Waals surface area contributed by atoms with Crippen molar-refractivity contribution in [1.29, 1.82) is 0 Å². The van der Waals surface area contributed by atoms with Crippen molar-refractivity contribution < 1.29 is 38.3 Å². The van der Waals surface area contributed by atoms with Gasteiger partial charge in [0.05, 0.1) is 12.5 Å². The number of rotatable bonds is 2. The van der Waals surface area contributed by atoms with E-state index in [-0.39, 0.29) is 36.4 Å². The molecule has 0 aromatic carbocycles. The van der Waals surface area contributed by atoms with Crippen LogP contribution in [-0.4, -0.2) is 42.5 Å². The first kappa shape index (κ1) is 18.0. The second-order valence-electron chi connectivity index (χ2n) is 8.02. The lowest BCUT2D eigenvalue weighted by Gasteiger charge is -2.58. The highest BCUT2D eigenvalue weighted by Crippen LogP contribution is 2.60. The van der Waals surface area contributed by atoms with E-state index in [2.05, 4.69) is 0 Å². The number of fused-ring (bicyclic) bond motifs is 2. The highest BCUT2D eigenvalue weighted by atomic mass is 17.3. The van der Waals surface area contributed by atoms with Crippen LogP contribution in [0.4, 0.5) is 4.79 Å². The zero-order valence-electron chi connectivity index (χ0n) is 15.6. The van der Waals surface area contributed by atoms with Crippen LogP contribution in [0.1, 0.15) is 47.0 Å². The largest absolute Gasteiger partial charge is 0.508 e. The molecule has 4 saturated heterocycles. The van der Waals surface area contributed by atoms with E-state index in [1.807, 2.05) is 13.8 Å². The lowest BCUT2D eigenvalue weighted by atomic mass is 9.57. The summed E-state index contributed by atoms with van der Waals surface area (Å²) in [5.41, 5.74) is -0.878. The van der Waals surface area contributed by atoms with Gasteiger partial charge in [-0.2, -0.15) is 0 Å². The van der Waals surface area contributed by atoms with E-state index in [0.717, 1.165) is 6.42 Å². The van der Waals surface area contributed by atoms with Gasteiger partial charge >= 0.3 is 12.1 Å². The van der Waals surface area contributed by atoms with Crippen molar-refractivity contribution in [2.24, 2.45) is 23.7 Å². The minimum absolute atomic E-state index is 0.0187. The zero-order chi connectivity index (χ0) is 18.7. The maximum Gasteiger partial charge on any atom is 0.508 e.